The highest BCUT2D eigenvalue weighted by Gasteiger charge is 2.20. The second kappa shape index (κ2) is 6.43. The molecule has 0 saturated heterocycles. The maximum Gasteiger partial charge on any atom is 0.0194 e. The Bertz CT molecular complexity index is 376. The maximum absolute atomic E-state index is 3.81. The lowest BCUT2D eigenvalue weighted by Gasteiger charge is -2.25. The summed E-state index contributed by atoms with van der Waals surface area (Å²) < 4.78 is 0. The highest BCUT2D eigenvalue weighted by Crippen LogP contribution is 2.30. The molecular weight excluding hydrogens is 296 g/mol. The van der Waals surface area contributed by atoms with Gasteiger partial charge in [-0.15, -0.1) is 0 Å². The Kier molecular flexibility index (Phi) is 5.67. The summed E-state index contributed by atoms with van der Waals surface area (Å²) in [5.41, 5.74) is 3.49. The van der Waals surface area contributed by atoms with Crippen LogP contribution in [0.2, 0.25) is 0 Å². The van der Waals surface area contributed by atoms with E-state index in [1.807, 2.05) is 0 Å². The molecule has 1 rings (SSSR count). The molecule has 0 aliphatic carbocycles. The minimum atomic E-state index is 0.256. The van der Waals surface area contributed by atoms with Crippen molar-refractivity contribution >= 4 is 15.9 Å². The highest BCUT2D eigenvalue weighted by atomic mass is 79.9. The first-order chi connectivity index (χ1) is 8.60. The van der Waals surface area contributed by atoms with E-state index < -0.39 is 0 Å². The van der Waals surface area contributed by atoms with Crippen LogP contribution in [0.4, 0.5) is 0 Å². The largest absolute Gasteiger partial charge is 0.0885 e. The number of hydrogen-bond donors (Lipinski definition) is 0. The fraction of sp³-hybridized carbons (Fsp3) is 0.667. The number of hydrogen-bond acceptors (Lipinski definition) is 0. The normalized spacial score (nSPS) is 14.5. The lowest BCUT2D eigenvalue weighted by atomic mass is 9.86. The highest BCUT2D eigenvalue weighted by molar-refractivity contribution is 9.09. The Morgan fingerprint density at radius 3 is 1.89 bits per heavy atom. The van der Waals surface area contributed by atoms with Crippen molar-refractivity contribution in [2.24, 2.45) is 5.41 Å². The van der Waals surface area contributed by atoms with Gasteiger partial charge in [0.15, 0.2) is 0 Å². The van der Waals surface area contributed by atoms with E-state index in [1.54, 1.807) is 0 Å². The van der Waals surface area contributed by atoms with E-state index in [2.05, 4.69) is 81.7 Å². The lowest BCUT2D eigenvalue weighted by molar-refractivity contribution is 0.380. The minimum Gasteiger partial charge on any atom is -0.0885 e. The predicted octanol–water partition coefficient (Wildman–Crippen LogP) is 6.12. The number of rotatable bonds is 4. The van der Waals surface area contributed by atoms with Gasteiger partial charge in [-0.1, -0.05) is 81.7 Å². The number of halogens is 1. The molecule has 0 nitrogen and oxygen atoms in total. The Labute approximate surface area is 128 Å². The first-order valence-corrected chi connectivity index (χ1v) is 8.26. The van der Waals surface area contributed by atoms with Crippen LogP contribution in [0.25, 0.3) is 0 Å². The summed E-state index contributed by atoms with van der Waals surface area (Å²) in [6.45, 7) is 13.7. The van der Waals surface area contributed by atoms with Crippen molar-refractivity contribution in [2.45, 2.75) is 71.0 Å². The summed E-state index contributed by atoms with van der Waals surface area (Å²) in [5, 5.41) is 0. The molecule has 108 valence electrons. The van der Waals surface area contributed by atoms with Crippen molar-refractivity contribution in [3.05, 3.63) is 35.4 Å². The van der Waals surface area contributed by atoms with Gasteiger partial charge in [0.2, 0.25) is 0 Å². The zero-order valence-corrected chi connectivity index (χ0v) is 15.0. The van der Waals surface area contributed by atoms with E-state index in [1.165, 1.54) is 30.4 Å². The Balaban J connectivity index is 2.47. The number of benzene rings is 1. The second-order valence-corrected chi connectivity index (χ2v) is 8.78. The molecule has 0 saturated carbocycles. The van der Waals surface area contributed by atoms with Crippen molar-refractivity contribution in [3.8, 4) is 0 Å². The van der Waals surface area contributed by atoms with Crippen molar-refractivity contribution in [2.75, 3.05) is 0 Å². The smallest absolute Gasteiger partial charge is 0.0194 e. The molecule has 1 heteroatoms. The van der Waals surface area contributed by atoms with Crippen LogP contribution in [0.3, 0.4) is 0 Å². The Morgan fingerprint density at radius 2 is 1.47 bits per heavy atom. The lowest BCUT2D eigenvalue weighted by Crippen LogP contribution is -2.20. The molecule has 1 aromatic rings. The van der Waals surface area contributed by atoms with Gasteiger partial charge in [-0.3, -0.25) is 0 Å². The van der Waals surface area contributed by atoms with Crippen LogP contribution in [0, 0.1) is 5.41 Å². The number of aryl methyl sites for hydroxylation is 1. The van der Waals surface area contributed by atoms with Crippen LogP contribution in [0.1, 0.15) is 65.5 Å². The van der Waals surface area contributed by atoms with Gasteiger partial charge in [0, 0.05) is 4.83 Å². The standard InChI is InChI=1S/C18H29Br/c1-17(2,3)15-12-10-14(11-13-15)8-7-9-16(19)18(4,5)6/h10-13,16H,7-9H2,1-6H3. The first kappa shape index (κ1) is 16.8. The topological polar surface area (TPSA) is 0 Å². The third kappa shape index (κ3) is 5.69. The average Bonchev–Trinajstić information content (AvgIpc) is 2.27. The summed E-state index contributed by atoms with van der Waals surface area (Å²) >= 11 is 3.81. The van der Waals surface area contributed by atoms with Gasteiger partial charge in [0.05, 0.1) is 0 Å². The molecule has 0 aromatic heterocycles. The molecule has 1 unspecified atom stereocenters. The molecular formula is C18H29Br. The van der Waals surface area contributed by atoms with Gasteiger partial charge in [-0.2, -0.15) is 0 Å². The van der Waals surface area contributed by atoms with E-state index in [9.17, 15) is 0 Å². The zero-order valence-electron chi connectivity index (χ0n) is 13.4. The molecule has 0 aliphatic heterocycles. The van der Waals surface area contributed by atoms with Gasteiger partial charge < -0.3 is 0 Å². The molecule has 0 fully saturated rings. The van der Waals surface area contributed by atoms with E-state index in [-0.39, 0.29) is 5.41 Å². The summed E-state index contributed by atoms with van der Waals surface area (Å²) in [6.07, 6.45) is 3.68. The molecule has 0 N–H and O–H groups in total. The molecule has 0 amide bonds. The molecule has 1 aromatic carbocycles. The first-order valence-electron chi connectivity index (χ1n) is 7.34. The second-order valence-electron chi connectivity index (χ2n) is 7.67. The van der Waals surface area contributed by atoms with Gasteiger partial charge in [-0.05, 0) is 41.2 Å². The summed E-state index contributed by atoms with van der Waals surface area (Å²) in [4.78, 5) is 0.605. The monoisotopic (exact) mass is 324 g/mol. The molecule has 0 aliphatic rings. The SMILES string of the molecule is CC(C)(C)c1ccc(CCCC(Br)C(C)(C)C)cc1. The van der Waals surface area contributed by atoms with Crippen LogP contribution in [0.15, 0.2) is 24.3 Å². The van der Waals surface area contributed by atoms with Crippen LogP contribution in [0.5, 0.6) is 0 Å². The van der Waals surface area contributed by atoms with Crippen molar-refractivity contribution < 1.29 is 0 Å². The van der Waals surface area contributed by atoms with Gasteiger partial charge in [0.1, 0.15) is 0 Å². The fourth-order valence-corrected chi connectivity index (χ4v) is 2.41. The van der Waals surface area contributed by atoms with Crippen LogP contribution in [-0.2, 0) is 11.8 Å². The van der Waals surface area contributed by atoms with Gasteiger partial charge in [0.25, 0.3) is 0 Å². The molecule has 0 spiro atoms. The van der Waals surface area contributed by atoms with Crippen LogP contribution < -0.4 is 0 Å². The van der Waals surface area contributed by atoms with Crippen molar-refractivity contribution in [1.82, 2.24) is 0 Å². The molecule has 0 heterocycles. The molecule has 1 atom stereocenters. The van der Waals surface area contributed by atoms with Gasteiger partial charge >= 0.3 is 0 Å². The zero-order chi connectivity index (χ0) is 14.7. The van der Waals surface area contributed by atoms with Gasteiger partial charge in [-0.25, -0.2) is 0 Å². The average molecular weight is 325 g/mol. The summed E-state index contributed by atoms with van der Waals surface area (Å²) in [6, 6.07) is 9.15. The van der Waals surface area contributed by atoms with Crippen LogP contribution in [-0.4, -0.2) is 4.83 Å². The Hall–Kier alpha value is -0.300. The molecule has 0 bridgehead atoms. The third-order valence-corrected chi connectivity index (χ3v) is 5.51. The van der Waals surface area contributed by atoms with Crippen molar-refractivity contribution in [1.29, 1.82) is 0 Å². The van der Waals surface area contributed by atoms with E-state index in [0.717, 1.165) is 0 Å². The van der Waals surface area contributed by atoms with Crippen LogP contribution >= 0.6 is 15.9 Å². The summed E-state index contributed by atoms with van der Waals surface area (Å²) in [5.74, 6) is 0. The summed E-state index contributed by atoms with van der Waals surface area (Å²) in [7, 11) is 0. The van der Waals surface area contributed by atoms with E-state index >= 15 is 0 Å². The Morgan fingerprint density at radius 1 is 0.947 bits per heavy atom. The third-order valence-electron chi connectivity index (χ3n) is 3.68. The predicted molar refractivity (Wildman–Crippen MR) is 90.3 cm³/mol. The maximum atomic E-state index is 3.81. The number of alkyl halides is 1. The molecule has 19 heavy (non-hydrogen) atoms. The van der Waals surface area contributed by atoms with E-state index in [0.29, 0.717) is 10.2 Å². The van der Waals surface area contributed by atoms with E-state index in [4.69, 9.17) is 0 Å². The fourth-order valence-electron chi connectivity index (χ4n) is 2.09. The quantitative estimate of drug-likeness (QED) is 0.585. The molecule has 0 radical (unpaired) electrons. The minimum absolute atomic E-state index is 0.256. The van der Waals surface area contributed by atoms with Crippen molar-refractivity contribution in [3.63, 3.8) is 0 Å².